The van der Waals surface area contributed by atoms with Crippen molar-refractivity contribution in [2.75, 3.05) is 6.61 Å². The fourth-order valence-electron chi connectivity index (χ4n) is 6.87. The number of carbonyl (C=O) groups excluding carboxylic acids is 4. The van der Waals surface area contributed by atoms with E-state index in [2.05, 4.69) is 0 Å². The number of fused-ring (bicyclic) bond motifs is 4. The largest absolute Gasteiger partial charge is 0.504 e. The molecule has 5 atom stereocenters. The summed E-state index contributed by atoms with van der Waals surface area (Å²) in [6.07, 6.45) is -11.8. The predicted octanol–water partition coefficient (Wildman–Crippen LogP) is 1.59. The van der Waals surface area contributed by atoms with Crippen LogP contribution in [0.4, 0.5) is 0 Å². The highest BCUT2D eigenvalue weighted by Gasteiger charge is 2.53. The maximum atomic E-state index is 14.4. The molecule has 356 valence electrons. The Hall–Kier alpha value is -9.63. The first-order valence-electron chi connectivity index (χ1n) is 18.6. The van der Waals surface area contributed by atoms with Gasteiger partial charge in [0.25, 0.3) is 0 Å². The second-order valence-corrected chi connectivity index (χ2v) is 14.4. The van der Waals surface area contributed by atoms with Crippen molar-refractivity contribution in [1.82, 2.24) is 0 Å². The number of aliphatic hydroxyl groups is 1. The molecule has 5 aromatic rings. The number of aliphatic hydroxyl groups excluding tert-OH is 1. The van der Waals surface area contributed by atoms with E-state index in [9.17, 15) is 106 Å². The molecule has 27 heteroatoms. The van der Waals surface area contributed by atoms with Gasteiger partial charge in [-0.15, -0.1) is 0 Å². The zero-order valence-corrected chi connectivity index (χ0v) is 33.3. The molecular formula is C41H30O27. The van der Waals surface area contributed by atoms with Crippen molar-refractivity contribution in [2.24, 2.45) is 0 Å². The molecule has 0 spiro atoms. The van der Waals surface area contributed by atoms with Crippen LogP contribution in [0.25, 0.3) is 11.1 Å². The third-order valence-electron chi connectivity index (χ3n) is 10.2. The molecule has 1 fully saturated rings. The number of carboxylic acids is 1. The molecule has 2 aliphatic rings. The van der Waals surface area contributed by atoms with Crippen molar-refractivity contribution in [1.29, 1.82) is 0 Å². The van der Waals surface area contributed by atoms with Crippen LogP contribution in [0.15, 0.2) is 42.5 Å². The molecule has 16 N–H and O–H groups in total. The highest BCUT2D eigenvalue weighted by atomic mass is 16.7. The van der Waals surface area contributed by atoms with Gasteiger partial charge in [-0.1, -0.05) is 0 Å². The number of hydrogen-bond donors (Lipinski definition) is 16. The van der Waals surface area contributed by atoms with Crippen molar-refractivity contribution in [3.63, 3.8) is 0 Å². The Morgan fingerprint density at radius 3 is 1.51 bits per heavy atom. The summed E-state index contributed by atoms with van der Waals surface area (Å²) in [6, 6.07) is 3.45. The Morgan fingerprint density at radius 1 is 0.529 bits per heavy atom. The highest BCUT2D eigenvalue weighted by molar-refractivity contribution is 6.08. The lowest BCUT2D eigenvalue weighted by Crippen LogP contribution is -2.62. The van der Waals surface area contributed by atoms with Gasteiger partial charge in [0.1, 0.15) is 18.3 Å². The molecule has 0 aliphatic carbocycles. The average Bonchev–Trinajstić information content (AvgIpc) is 3.29. The zero-order valence-electron chi connectivity index (χ0n) is 33.3. The molecule has 0 aromatic heterocycles. The first kappa shape index (κ1) is 46.4. The number of aromatic hydroxyl groups is 14. The molecule has 27 nitrogen and oxygen atoms in total. The van der Waals surface area contributed by atoms with Crippen LogP contribution in [-0.2, 0) is 23.7 Å². The van der Waals surface area contributed by atoms with Crippen LogP contribution in [0.3, 0.4) is 0 Å². The molecule has 0 bridgehead atoms. The van der Waals surface area contributed by atoms with E-state index in [1.807, 2.05) is 0 Å². The van der Waals surface area contributed by atoms with Crippen LogP contribution in [-0.4, -0.2) is 149 Å². The van der Waals surface area contributed by atoms with Crippen molar-refractivity contribution < 1.29 is 134 Å². The van der Waals surface area contributed by atoms with E-state index in [1.165, 1.54) is 0 Å². The third kappa shape index (κ3) is 7.96. The van der Waals surface area contributed by atoms with E-state index in [4.69, 9.17) is 28.4 Å². The number of cyclic esters (lactones) is 1. The molecule has 2 aliphatic heterocycles. The van der Waals surface area contributed by atoms with Gasteiger partial charge >= 0.3 is 29.8 Å². The van der Waals surface area contributed by atoms with Gasteiger partial charge in [-0.25, -0.2) is 24.0 Å². The Kier molecular flexibility index (Phi) is 11.6. The Balaban J connectivity index is 1.39. The van der Waals surface area contributed by atoms with E-state index < -0.39 is 198 Å². The third-order valence-corrected chi connectivity index (χ3v) is 10.2. The topological polar surface area (TPSA) is 464 Å². The summed E-state index contributed by atoms with van der Waals surface area (Å²) in [4.78, 5) is 67.6. The molecule has 7 rings (SSSR count). The van der Waals surface area contributed by atoms with Crippen LogP contribution in [0.1, 0.15) is 51.8 Å². The molecule has 68 heavy (non-hydrogen) atoms. The van der Waals surface area contributed by atoms with Crippen LogP contribution >= 0.6 is 0 Å². The first-order valence-corrected chi connectivity index (χ1v) is 18.6. The van der Waals surface area contributed by atoms with Gasteiger partial charge in [0, 0.05) is 23.3 Å². The normalized spacial score (nSPS) is 18.9. The highest BCUT2D eigenvalue weighted by Crippen LogP contribution is 2.55. The average molecular weight is 955 g/mol. The Morgan fingerprint density at radius 2 is 0.985 bits per heavy atom. The smallest absolute Gasteiger partial charge is 0.339 e. The molecule has 5 aromatic carbocycles. The monoisotopic (exact) mass is 954 g/mol. The first-order chi connectivity index (χ1) is 31.9. The van der Waals surface area contributed by atoms with Gasteiger partial charge < -0.3 is 110 Å². The summed E-state index contributed by atoms with van der Waals surface area (Å²) >= 11 is 0. The van der Waals surface area contributed by atoms with Gasteiger partial charge in [-0.05, 0) is 30.3 Å². The number of ether oxygens (including phenoxy) is 6. The molecule has 0 saturated carbocycles. The summed E-state index contributed by atoms with van der Waals surface area (Å²) in [5, 5.41) is 166. The number of carboxylic acid groups (broad SMARTS) is 1. The number of carbonyl (C=O) groups is 5. The van der Waals surface area contributed by atoms with E-state index in [-0.39, 0.29) is 0 Å². The molecular weight excluding hydrogens is 924 g/mol. The summed E-state index contributed by atoms with van der Waals surface area (Å²) < 4.78 is 32.6. The standard InChI is InChI=1S/C41H30O27/c42-14-1-9(2-15(43)24(14)48)37(58)67-34-33-21(65-41(62)35(34)68-38(59)10-3-16(44)25(49)17(45)4-10)8-63-39(60)12-7-20(64-32-13(36(56)57)6-19(47)27(51)31(32)55)28(52)30(54)23(12)22-11(40(61)66-33)5-18(46)26(50)29(22)53/h1-7,21,33-35,41-55,62H,8H2,(H,56,57)/t21-,33?,34+,35-,41?/m1/s1. The summed E-state index contributed by atoms with van der Waals surface area (Å²) in [6.45, 7) is -1.26. The number of benzene rings is 5. The van der Waals surface area contributed by atoms with E-state index >= 15 is 0 Å². The van der Waals surface area contributed by atoms with Crippen molar-refractivity contribution in [3.05, 3.63) is 70.3 Å². The maximum absolute atomic E-state index is 14.4. The minimum absolute atomic E-state index is 0.370. The SMILES string of the molecule is O=C(O[C@H]1C(O)O[C@@H]2COC(=O)c3cc(Oc4c(C(=O)O)cc(O)c(O)c4O)c(O)c(O)c3-c3c(cc(O)c(O)c3O)C(=O)OC2[C@@H]1OC(=O)c1cc(O)c(O)c(O)c1)c1cc(O)c(O)c(O)c1. The molecule has 0 radical (unpaired) electrons. The van der Waals surface area contributed by atoms with Gasteiger partial charge in [0.05, 0.1) is 22.3 Å². The number of rotatable bonds is 7. The lowest BCUT2D eigenvalue weighted by Gasteiger charge is -2.42. The summed E-state index contributed by atoms with van der Waals surface area (Å²) in [5.74, 6) is -28.9. The second kappa shape index (κ2) is 17.1. The second-order valence-electron chi connectivity index (χ2n) is 14.4. The lowest BCUT2D eigenvalue weighted by molar-refractivity contribution is -0.284. The molecule has 0 amide bonds. The van der Waals surface area contributed by atoms with E-state index in [0.717, 1.165) is 0 Å². The predicted molar refractivity (Wildman–Crippen MR) is 210 cm³/mol. The van der Waals surface area contributed by atoms with Crippen LogP contribution in [0.2, 0.25) is 0 Å². The van der Waals surface area contributed by atoms with Crippen LogP contribution in [0, 0.1) is 0 Å². The summed E-state index contributed by atoms with van der Waals surface area (Å²) in [5.41, 5.74) is -7.20. The van der Waals surface area contributed by atoms with E-state index in [0.29, 0.717) is 42.5 Å². The quantitative estimate of drug-likeness (QED) is 0.0625. The number of hydrogen-bond acceptors (Lipinski definition) is 26. The van der Waals surface area contributed by atoms with Crippen molar-refractivity contribution in [2.45, 2.75) is 30.7 Å². The van der Waals surface area contributed by atoms with Gasteiger partial charge in [0.15, 0.2) is 93.6 Å². The van der Waals surface area contributed by atoms with Crippen molar-refractivity contribution >= 4 is 29.8 Å². The van der Waals surface area contributed by atoms with Crippen molar-refractivity contribution in [3.8, 4) is 103 Å². The fraction of sp³-hybridized carbons (Fsp3) is 0.146. The summed E-state index contributed by atoms with van der Waals surface area (Å²) in [7, 11) is 0. The van der Waals surface area contributed by atoms with E-state index in [1.54, 1.807) is 0 Å². The number of phenolic OH excluding ortho intramolecular Hbond substituents is 14. The maximum Gasteiger partial charge on any atom is 0.339 e. The van der Waals surface area contributed by atoms with Gasteiger partial charge in [-0.2, -0.15) is 0 Å². The number of esters is 4. The minimum atomic E-state index is -2.54. The Labute approximate surface area is 374 Å². The van der Waals surface area contributed by atoms with Crippen LogP contribution < -0.4 is 4.74 Å². The Bertz CT molecular complexity index is 2950. The molecule has 1 saturated heterocycles. The van der Waals surface area contributed by atoms with Crippen LogP contribution in [0.5, 0.6) is 92.0 Å². The van der Waals surface area contributed by atoms with Gasteiger partial charge in [-0.3, -0.25) is 0 Å². The van der Waals surface area contributed by atoms with Gasteiger partial charge in [0.2, 0.25) is 23.0 Å². The number of phenols is 14. The molecule has 2 unspecified atom stereocenters. The minimum Gasteiger partial charge on any atom is -0.504 e. The lowest BCUT2D eigenvalue weighted by atomic mass is 9.91. The zero-order chi connectivity index (χ0) is 50.0. The fourth-order valence-corrected chi connectivity index (χ4v) is 6.87. The number of aromatic carboxylic acids is 1. The molecule has 2 heterocycles.